The SMILES string of the molecule is NOOc1cc(C(=O)Oc2cccc(N(c3ccccc3)c3ccc(-c4ccc(N(c5ccccc5)c5cccc(OC(=O)c6ccc(Br)cc6)c5)cc4)cc3)c2)cc([N+](=O)[O-])c1. The molecule has 0 spiro atoms. The van der Waals surface area contributed by atoms with Gasteiger partial charge in [0.25, 0.3) is 5.69 Å². The normalized spacial score (nSPS) is 10.7. The lowest BCUT2D eigenvalue weighted by Gasteiger charge is -2.26. The van der Waals surface area contributed by atoms with Gasteiger partial charge in [-0.05, 0) is 114 Å². The summed E-state index contributed by atoms with van der Waals surface area (Å²) in [6.07, 6.45) is 0. The first-order chi connectivity index (χ1) is 30.7. The summed E-state index contributed by atoms with van der Waals surface area (Å²) in [4.78, 5) is 50.0. The Morgan fingerprint density at radius 2 is 0.921 bits per heavy atom. The fraction of sp³-hybridized carbons (Fsp3) is 0. The van der Waals surface area contributed by atoms with Crippen molar-refractivity contribution in [3.05, 3.63) is 226 Å². The largest absolute Gasteiger partial charge is 0.423 e. The molecular weight excluding hydrogens is 864 g/mol. The Bertz CT molecular complexity index is 2880. The second-order valence-electron chi connectivity index (χ2n) is 13.9. The molecular formula is C50H35BrN4O8. The average molecular weight is 900 g/mol. The maximum Gasteiger partial charge on any atom is 0.343 e. The van der Waals surface area contributed by atoms with Gasteiger partial charge in [0.1, 0.15) is 11.5 Å². The van der Waals surface area contributed by atoms with Crippen LogP contribution in [0.2, 0.25) is 0 Å². The van der Waals surface area contributed by atoms with Gasteiger partial charge in [0.15, 0.2) is 5.75 Å². The summed E-state index contributed by atoms with van der Waals surface area (Å²) in [5.74, 6) is 4.15. The van der Waals surface area contributed by atoms with E-state index in [0.717, 1.165) is 56.2 Å². The summed E-state index contributed by atoms with van der Waals surface area (Å²) in [5.41, 5.74) is 6.89. The standard InChI is InChI=1S/C50H35BrN4O8/c51-38-23-17-36(18-24-38)49(56)60-46-15-7-13-43(31-46)53(39-9-3-1-4-10-39)41-25-19-34(20-26-41)35-21-27-42(28-22-35)54(40-11-5-2-6-12-40)44-14-8-16-47(32-44)61-50(57)37-29-45(55(58)59)33-48(30-37)62-63-52/h1-33H,52H2. The first-order valence-corrected chi connectivity index (χ1v) is 20.2. The lowest BCUT2D eigenvalue weighted by Crippen LogP contribution is -2.12. The second kappa shape index (κ2) is 19.1. The van der Waals surface area contributed by atoms with E-state index in [1.807, 2.05) is 126 Å². The number of para-hydroxylation sites is 2. The van der Waals surface area contributed by atoms with Crippen LogP contribution in [0.25, 0.3) is 11.1 Å². The van der Waals surface area contributed by atoms with Gasteiger partial charge in [0.2, 0.25) is 0 Å². The zero-order valence-corrected chi connectivity index (χ0v) is 34.7. The summed E-state index contributed by atoms with van der Waals surface area (Å²) < 4.78 is 12.3. The zero-order chi connectivity index (χ0) is 43.7. The number of nitro groups is 1. The van der Waals surface area contributed by atoms with Gasteiger partial charge in [-0.1, -0.05) is 93.7 Å². The molecule has 0 aliphatic rings. The predicted octanol–water partition coefficient (Wildman–Crippen LogP) is 12.6. The number of nitrogens with two attached hydrogens (primary N) is 1. The number of nitro benzene ring substituents is 1. The van der Waals surface area contributed by atoms with Gasteiger partial charge < -0.3 is 24.2 Å². The van der Waals surface area contributed by atoms with Gasteiger partial charge in [-0.15, -0.1) is 0 Å². The first-order valence-electron chi connectivity index (χ1n) is 19.4. The van der Waals surface area contributed by atoms with Crippen LogP contribution < -0.4 is 30.1 Å². The molecule has 0 heterocycles. The third-order valence-electron chi connectivity index (χ3n) is 9.75. The molecule has 12 nitrogen and oxygen atoms in total. The van der Waals surface area contributed by atoms with Crippen molar-refractivity contribution in [3.63, 3.8) is 0 Å². The third-order valence-corrected chi connectivity index (χ3v) is 10.3. The van der Waals surface area contributed by atoms with E-state index in [-0.39, 0.29) is 17.1 Å². The van der Waals surface area contributed by atoms with Gasteiger partial charge in [-0.2, -0.15) is 5.90 Å². The van der Waals surface area contributed by atoms with E-state index in [2.05, 4.69) is 38.0 Å². The molecule has 8 rings (SSSR count). The maximum atomic E-state index is 13.2. The van der Waals surface area contributed by atoms with Gasteiger partial charge in [-0.3, -0.25) is 10.1 Å². The topological polar surface area (TPSA) is 147 Å². The zero-order valence-electron chi connectivity index (χ0n) is 33.1. The summed E-state index contributed by atoms with van der Waals surface area (Å²) in [6.45, 7) is 0. The molecule has 0 unspecified atom stereocenters. The van der Waals surface area contributed by atoms with Crippen molar-refractivity contribution in [2.75, 3.05) is 9.80 Å². The minimum atomic E-state index is -0.849. The van der Waals surface area contributed by atoms with E-state index >= 15 is 0 Å². The number of rotatable bonds is 14. The van der Waals surface area contributed by atoms with Crippen LogP contribution >= 0.6 is 15.9 Å². The van der Waals surface area contributed by atoms with Crippen molar-refractivity contribution in [2.45, 2.75) is 0 Å². The summed E-state index contributed by atoms with van der Waals surface area (Å²) in [7, 11) is 0. The third kappa shape index (κ3) is 9.93. The molecule has 8 aromatic rings. The van der Waals surface area contributed by atoms with Crippen LogP contribution in [0.1, 0.15) is 20.7 Å². The molecule has 2 N–H and O–H groups in total. The Balaban J connectivity index is 1.04. The number of benzene rings is 8. The predicted molar refractivity (Wildman–Crippen MR) is 244 cm³/mol. The number of ether oxygens (including phenoxy) is 2. The first kappa shape index (κ1) is 41.6. The maximum absolute atomic E-state index is 13.2. The highest BCUT2D eigenvalue weighted by molar-refractivity contribution is 9.10. The van der Waals surface area contributed by atoms with Crippen molar-refractivity contribution in [1.29, 1.82) is 0 Å². The van der Waals surface area contributed by atoms with Crippen molar-refractivity contribution >= 4 is 67.7 Å². The van der Waals surface area contributed by atoms with Gasteiger partial charge in [0.05, 0.1) is 22.1 Å². The Morgan fingerprint density at radius 1 is 0.476 bits per heavy atom. The number of nitrogens with zero attached hydrogens (tertiary/aromatic N) is 3. The molecule has 0 aliphatic carbocycles. The lowest BCUT2D eigenvalue weighted by molar-refractivity contribution is -0.385. The molecule has 0 bridgehead atoms. The number of hydrogen-bond donors (Lipinski definition) is 1. The number of hydrogen-bond acceptors (Lipinski definition) is 11. The van der Waals surface area contributed by atoms with Crippen LogP contribution in [0.15, 0.2) is 205 Å². The van der Waals surface area contributed by atoms with Crippen molar-refractivity contribution in [1.82, 2.24) is 0 Å². The Kier molecular flexibility index (Phi) is 12.6. The highest BCUT2D eigenvalue weighted by Crippen LogP contribution is 2.39. The molecule has 0 atom stereocenters. The highest BCUT2D eigenvalue weighted by atomic mass is 79.9. The Morgan fingerprint density at radius 3 is 1.38 bits per heavy atom. The van der Waals surface area contributed by atoms with Crippen LogP contribution in [-0.2, 0) is 4.99 Å². The monoisotopic (exact) mass is 898 g/mol. The number of halogens is 1. The van der Waals surface area contributed by atoms with E-state index in [1.54, 1.807) is 48.5 Å². The second-order valence-corrected chi connectivity index (χ2v) is 14.8. The quantitative estimate of drug-likeness (QED) is 0.0366. The van der Waals surface area contributed by atoms with Gasteiger partial charge >= 0.3 is 11.9 Å². The summed E-state index contributed by atoms with van der Waals surface area (Å²) in [5, 5.41) is 11.5. The lowest BCUT2D eigenvalue weighted by atomic mass is 10.0. The molecule has 13 heteroatoms. The van der Waals surface area contributed by atoms with Crippen LogP contribution in [0.4, 0.5) is 39.8 Å². The Labute approximate surface area is 370 Å². The smallest absolute Gasteiger partial charge is 0.343 e. The number of carbonyl (C=O) groups is 2. The van der Waals surface area contributed by atoms with Crippen LogP contribution in [-0.4, -0.2) is 16.9 Å². The number of esters is 2. The van der Waals surface area contributed by atoms with E-state index in [1.165, 1.54) is 6.07 Å². The van der Waals surface area contributed by atoms with Crippen molar-refractivity contribution in [2.24, 2.45) is 5.90 Å². The molecule has 0 aliphatic heterocycles. The average Bonchev–Trinajstić information content (AvgIpc) is 3.31. The molecule has 0 aromatic heterocycles. The van der Waals surface area contributed by atoms with E-state index < -0.39 is 22.5 Å². The molecule has 310 valence electrons. The number of carbonyl (C=O) groups excluding carboxylic acids is 2. The fourth-order valence-electron chi connectivity index (χ4n) is 6.85. The van der Waals surface area contributed by atoms with E-state index in [9.17, 15) is 19.7 Å². The van der Waals surface area contributed by atoms with Crippen molar-refractivity contribution in [3.8, 4) is 28.4 Å². The number of anilines is 6. The fourth-order valence-corrected chi connectivity index (χ4v) is 7.12. The summed E-state index contributed by atoms with van der Waals surface area (Å²) >= 11 is 3.40. The van der Waals surface area contributed by atoms with Gasteiger partial charge in [-0.25, -0.2) is 9.59 Å². The van der Waals surface area contributed by atoms with E-state index in [0.29, 0.717) is 17.0 Å². The summed E-state index contributed by atoms with van der Waals surface area (Å²) in [6, 6.07) is 60.8. The molecule has 0 saturated carbocycles. The van der Waals surface area contributed by atoms with Crippen LogP contribution in [0.3, 0.4) is 0 Å². The molecule has 0 saturated heterocycles. The minimum absolute atomic E-state index is 0.136. The molecule has 0 radical (unpaired) electrons. The van der Waals surface area contributed by atoms with Gasteiger partial charge in [0, 0.05) is 56.8 Å². The molecule has 0 amide bonds. The number of non-ortho nitro benzene ring substituents is 1. The highest BCUT2D eigenvalue weighted by Gasteiger charge is 2.20. The van der Waals surface area contributed by atoms with Crippen LogP contribution in [0, 0.1) is 10.1 Å². The van der Waals surface area contributed by atoms with Crippen molar-refractivity contribution < 1.29 is 33.9 Å². The Hall–Kier alpha value is -8.10. The molecule has 63 heavy (non-hydrogen) atoms. The molecule has 0 fully saturated rings. The van der Waals surface area contributed by atoms with E-state index in [4.69, 9.17) is 20.3 Å². The van der Waals surface area contributed by atoms with Crippen LogP contribution in [0.5, 0.6) is 17.2 Å². The molecule has 8 aromatic carbocycles. The minimum Gasteiger partial charge on any atom is -0.423 e.